The van der Waals surface area contributed by atoms with Crippen LogP contribution in [0, 0.1) is 5.41 Å². The van der Waals surface area contributed by atoms with Gasteiger partial charge in [-0.3, -0.25) is 0 Å². The van der Waals surface area contributed by atoms with Gasteiger partial charge in [-0.1, -0.05) is 15.9 Å². The number of benzene rings is 1. The van der Waals surface area contributed by atoms with E-state index in [2.05, 4.69) is 46.3 Å². The fourth-order valence-corrected chi connectivity index (χ4v) is 3.51. The van der Waals surface area contributed by atoms with Gasteiger partial charge in [0.25, 0.3) is 0 Å². The topological polar surface area (TPSA) is 24.5 Å². The molecule has 106 valence electrons. The van der Waals surface area contributed by atoms with Crippen molar-refractivity contribution in [3.05, 3.63) is 28.2 Å². The summed E-state index contributed by atoms with van der Waals surface area (Å²) in [5, 5.41) is 3.35. The Labute approximate surface area is 124 Å². The lowest BCUT2D eigenvalue weighted by atomic mass is 9.88. The first kappa shape index (κ1) is 14.8. The van der Waals surface area contributed by atoms with Gasteiger partial charge in [-0.15, -0.1) is 0 Å². The average Bonchev–Trinajstić information content (AvgIpc) is 3.10. The smallest absolute Gasteiger partial charge is 0.123 e. The molecular weight excluding hydrogens is 304 g/mol. The van der Waals surface area contributed by atoms with Crippen LogP contribution in [-0.2, 0) is 0 Å². The van der Waals surface area contributed by atoms with Crippen LogP contribution in [0.25, 0.3) is 0 Å². The zero-order chi connectivity index (χ0) is 14.0. The number of nitrogens with one attached hydrogen (secondary N) is 1. The zero-order valence-electron chi connectivity index (χ0n) is 12.2. The number of rotatable bonds is 6. The Morgan fingerprint density at radius 2 is 2.11 bits per heavy atom. The summed E-state index contributed by atoms with van der Waals surface area (Å²) in [5.41, 5.74) is 1.61. The van der Waals surface area contributed by atoms with E-state index in [4.69, 9.17) is 4.74 Å². The lowest BCUT2D eigenvalue weighted by molar-refractivity contribution is 0.187. The molecular formula is C15H23BrN2O. The van der Waals surface area contributed by atoms with Crippen molar-refractivity contribution < 1.29 is 4.74 Å². The van der Waals surface area contributed by atoms with Crippen LogP contribution in [-0.4, -0.2) is 39.7 Å². The molecule has 1 atom stereocenters. The first-order chi connectivity index (χ1) is 9.04. The summed E-state index contributed by atoms with van der Waals surface area (Å²) in [6, 6.07) is 6.66. The number of methoxy groups -OCH3 is 1. The minimum absolute atomic E-state index is 0.340. The lowest BCUT2D eigenvalue weighted by Gasteiger charge is -2.34. The van der Waals surface area contributed by atoms with Crippen LogP contribution >= 0.6 is 15.9 Å². The molecule has 1 saturated carbocycles. The van der Waals surface area contributed by atoms with Gasteiger partial charge in [0.1, 0.15) is 5.75 Å². The number of ether oxygens (including phenoxy) is 1. The Morgan fingerprint density at radius 3 is 2.58 bits per heavy atom. The van der Waals surface area contributed by atoms with E-state index >= 15 is 0 Å². The van der Waals surface area contributed by atoms with Crippen molar-refractivity contribution in [2.24, 2.45) is 5.41 Å². The molecule has 4 heteroatoms. The molecule has 0 aromatic heterocycles. The van der Waals surface area contributed by atoms with E-state index in [9.17, 15) is 0 Å². The third-order valence-corrected chi connectivity index (χ3v) is 4.50. The highest BCUT2D eigenvalue weighted by Crippen LogP contribution is 2.57. The molecule has 1 fully saturated rings. The number of nitrogens with zero attached hydrogens (tertiary/aromatic N) is 1. The van der Waals surface area contributed by atoms with E-state index in [0.29, 0.717) is 11.5 Å². The maximum absolute atomic E-state index is 5.56. The molecule has 0 radical (unpaired) electrons. The van der Waals surface area contributed by atoms with E-state index in [1.807, 2.05) is 19.2 Å². The lowest BCUT2D eigenvalue weighted by Crippen LogP contribution is -2.35. The largest absolute Gasteiger partial charge is 0.496 e. The molecule has 1 aliphatic rings. The highest BCUT2D eigenvalue weighted by atomic mass is 79.9. The fraction of sp³-hybridized carbons (Fsp3) is 0.600. The average molecular weight is 327 g/mol. The molecule has 2 rings (SSSR count). The first-order valence-electron chi connectivity index (χ1n) is 6.68. The maximum Gasteiger partial charge on any atom is 0.123 e. The summed E-state index contributed by atoms with van der Waals surface area (Å²) >= 11 is 3.58. The molecule has 19 heavy (non-hydrogen) atoms. The van der Waals surface area contributed by atoms with Crippen molar-refractivity contribution in [2.75, 3.05) is 34.8 Å². The highest BCUT2D eigenvalue weighted by molar-refractivity contribution is 9.10. The molecule has 0 bridgehead atoms. The van der Waals surface area contributed by atoms with Crippen LogP contribution < -0.4 is 10.1 Å². The van der Waals surface area contributed by atoms with Crippen LogP contribution in [0.2, 0.25) is 0 Å². The van der Waals surface area contributed by atoms with E-state index in [1.165, 1.54) is 18.4 Å². The van der Waals surface area contributed by atoms with Crippen molar-refractivity contribution in [1.82, 2.24) is 10.2 Å². The van der Waals surface area contributed by atoms with Gasteiger partial charge in [0.2, 0.25) is 0 Å². The van der Waals surface area contributed by atoms with E-state index in [1.54, 1.807) is 7.11 Å². The van der Waals surface area contributed by atoms with Crippen LogP contribution in [0.1, 0.15) is 24.4 Å². The number of hydrogen-bond acceptors (Lipinski definition) is 3. The van der Waals surface area contributed by atoms with Crippen LogP contribution in [0.5, 0.6) is 5.75 Å². The second kappa shape index (κ2) is 5.81. The van der Waals surface area contributed by atoms with Gasteiger partial charge >= 0.3 is 0 Å². The Hall–Kier alpha value is -0.580. The minimum Gasteiger partial charge on any atom is -0.496 e. The zero-order valence-corrected chi connectivity index (χ0v) is 13.8. The Morgan fingerprint density at radius 1 is 1.42 bits per heavy atom. The second-order valence-electron chi connectivity index (χ2n) is 5.65. The van der Waals surface area contributed by atoms with Gasteiger partial charge < -0.3 is 15.0 Å². The van der Waals surface area contributed by atoms with E-state index in [0.717, 1.165) is 16.8 Å². The van der Waals surface area contributed by atoms with Gasteiger partial charge in [0.05, 0.1) is 7.11 Å². The molecule has 3 nitrogen and oxygen atoms in total. The molecule has 0 heterocycles. The molecule has 1 aliphatic carbocycles. The maximum atomic E-state index is 5.56. The van der Waals surface area contributed by atoms with Crippen molar-refractivity contribution in [3.8, 4) is 5.75 Å². The molecule has 1 N–H and O–H groups in total. The molecule has 0 saturated heterocycles. The van der Waals surface area contributed by atoms with Crippen molar-refractivity contribution in [3.63, 3.8) is 0 Å². The summed E-state index contributed by atoms with van der Waals surface area (Å²) in [6.45, 7) is 1.05. The third-order valence-electron chi connectivity index (χ3n) is 4.00. The van der Waals surface area contributed by atoms with Gasteiger partial charge in [0.15, 0.2) is 0 Å². The number of hydrogen-bond donors (Lipinski definition) is 1. The normalized spacial score (nSPS) is 18.4. The third kappa shape index (κ3) is 2.96. The monoisotopic (exact) mass is 326 g/mol. The first-order valence-corrected chi connectivity index (χ1v) is 7.48. The van der Waals surface area contributed by atoms with Crippen LogP contribution in [0.3, 0.4) is 0 Å². The molecule has 0 spiro atoms. The number of halogens is 1. The van der Waals surface area contributed by atoms with Crippen molar-refractivity contribution in [2.45, 2.75) is 18.9 Å². The second-order valence-corrected chi connectivity index (χ2v) is 6.56. The SMILES string of the molecule is CNCC1(C(c2cc(Br)ccc2OC)N(C)C)CC1. The summed E-state index contributed by atoms with van der Waals surface area (Å²) in [5.74, 6) is 0.976. The standard InChI is InChI=1S/C15H23BrN2O/c1-17-10-15(7-8-15)14(18(2)3)12-9-11(16)5-6-13(12)19-4/h5-6,9,14,17H,7-8,10H2,1-4H3. The van der Waals surface area contributed by atoms with Crippen molar-refractivity contribution in [1.29, 1.82) is 0 Å². The van der Waals surface area contributed by atoms with Crippen molar-refractivity contribution >= 4 is 15.9 Å². The molecule has 0 amide bonds. The predicted molar refractivity (Wildman–Crippen MR) is 82.7 cm³/mol. The summed E-state index contributed by atoms with van der Waals surface area (Å²) in [6.07, 6.45) is 2.54. The Bertz CT molecular complexity index is 444. The predicted octanol–water partition coefficient (Wildman–Crippen LogP) is 3.06. The summed E-state index contributed by atoms with van der Waals surface area (Å²) in [4.78, 5) is 2.31. The Kier molecular flexibility index (Phi) is 4.54. The van der Waals surface area contributed by atoms with E-state index < -0.39 is 0 Å². The van der Waals surface area contributed by atoms with Crippen LogP contribution in [0.15, 0.2) is 22.7 Å². The van der Waals surface area contributed by atoms with Gasteiger partial charge in [-0.05, 0) is 52.2 Å². The molecule has 1 aromatic rings. The van der Waals surface area contributed by atoms with Gasteiger partial charge in [-0.2, -0.15) is 0 Å². The quantitative estimate of drug-likeness (QED) is 0.869. The highest BCUT2D eigenvalue weighted by Gasteiger charge is 2.51. The van der Waals surface area contributed by atoms with E-state index in [-0.39, 0.29) is 0 Å². The summed E-state index contributed by atoms with van der Waals surface area (Å²) in [7, 11) is 8.09. The Balaban J connectivity index is 2.42. The minimum atomic E-state index is 0.340. The molecule has 1 unspecified atom stereocenters. The van der Waals surface area contributed by atoms with Crippen LogP contribution in [0.4, 0.5) is 0 Å². The fourth-order valence-electron chi connectivity index (χ4n) is 3.13. The molecule has 1 aromatic carbocycles. The van der Waals surface area contributed by atoms with Gasteiger partial charge in [-0.25, -0.2) is 0 Å². The van der Waals surface area contributed by atoms with Gasteiger partial charge in [0, 0.05) is 28.0 Å². The summed E-state index contributed by atoms with van der Waals surface area (Å²) < 4.78 is 6.67. The molecule has 0 aliphatic heterocycles.